The van der Waals surface area contributed by atoms with E-state index in [0.717, 1.165) is 13.0 Å². The largest absolute Gasteiger partial charge is 0.350 e. The molecule has 0 saturated heterocycles. The highest BCUT2D eigenvalue weighted by Gasteiger charge is 2.41. The Morgan fingerprint density at radius 3 is 2.76 bits per heavy atom. The Kier molecular flexibility index (Phi) is 3.62. The van der Waals surface area contributed by atoms with Gasteiger partial charge in [-0.25, -0.2) is 9.97 Å². The van der Waals surface area contributed by atoms with Gasteiger partial charge in [0.1, 0.15) is 10.8 Å². The van der Waals surface area contributed by atoms with E-state index < -0.39 is 0 Å². The summed E-state index contributed by atoms with van der Waals surface area (Å²) in [6.07, 6.45) is 7.56. The van der Waals surface area contributed by atoms with Crippen molar-refractivity contribution in [1.29, 1.82) is 0 Å². The van der Waals surface area contributed by atoms with Crippen LogP contribution in [0.1, 0.15) is 43.1 Å². The summed E-state index contributed by atoms with van der Waals surface area (Å²) in [7, 11) is 0. The first-order chi connectivity index (χ1) is 8.15. The van der Waals surface area contributed by atoms with Crippen molar-refractivity contribution in [2.45, 2.75) is 32.6 Å². The fourth-order valence-corrected chi connectivity index (χ4v) is 2.11. The number of hydrogen-bond acceptors (Lipinski definition) is 3. The molecule has 0 radical (unpaired) electrons. The minimum atomic E-state index is -0.170. The van der Waals surface area contributed by atoms with Gasteiger partial charge in [-0.15, -0.1) is 0 Å². The molecule has 1 N–H and O–H groups in total. The van der Waals surface area contributed by atoms with Crippen LogP contribution in [0.2, 0.25) is 5.15 Å². The summed E-state index contributed by atoms with van der Waals surface area (Å²) in [5.74, 6) is -0.170. The van der Waals surface area contributed by atoms with E-state index in [1.54, 1.807) is 0 Å². The topological polar surface area (TPSA) is 54.9 Å². The van der Waals surface area contributed by atoms with Crippen molar-refractivity contribution in [2.24, 2.45) is 5.41 Å². The Morgan fingerprint density at radius 1 is 1.47 bits per heavy atom. The molecule has 17 heavy (non-hydrogen) atoms. The number of hydrogen-bond donors (Lipinski definition) is 1. The van der Waals surface area contributed by atoms with Crippen LogP contribution in [0.25, 0.3) is 0 Å². The lowest BCUT2D eigenvalue weighted by atomic mass is 10.0. The summed E-state index contributed by atoms with van der Waals surface area (Å²) in [6, 6.07) is 0. The summed E-state index contributed by atoms with van der Waals surface area (Å²) in [5, 5.41) is 3.22. The lowest BCUT2D eigenvalue weighted by molar-refractivity contribution is 0.0938. The number of carbonyl (C=O) groups excluding carboxylic acids is 1. The molecule has 5 heteroatoms. The Balaban J connectivity index is 1.87. The minimum Gasteiger partial charge on any atom is -0.350 e. The van der Waals surface area contributed by atoms with Crippen LogP contribution < -0.4 is 5.32 Å². The number of amides is 1. The third kappa shape index (κ3) is 3.16. The highest BCUT2D eigenvalue weighted by Crippen LogP contribution is 2.48. The molecule has 1 fully saturated rings. The molecule has 1 aromatic heterocycles. The van der Waals surface area contributed by atoms with E-state index in [0.29, 0.717) is 16.3 Å². The molecule has 1 heterocycles. The van der Waals surface area contributed by atoms with Gasteiger partial charge in [0.25, 0.3) is 5.91 Å². The van der Waals surface area contributed by atoms with Gasteiger partial charge in [-0.05, 0) is 24.7 Å². The zero-order valence-corrected chi connectivity index (χ0v) is 10.6. The molecule has 0 aliphatic heterocycles. The third-order valence-electron chi connectivity index (χ3n) is 3.21. The minimum absolute atomic E-state index is 0.170. The Morgan fingerprint density at radius 2 is 2.24 bits per heavy atom. The van der Waals surface area contributed by atoms with Gasteiger partial charge < -0.3 is 5.32 Å². The second-order valence-corrected chi connectivity index (χ2v) is 5.04. The maximum absolute atomic E-state index is 11.8. The average Bonchev–Trinajstić information content (AvgIpc) is 3.08. The number of carbonyl (C=O) groups is 1. The molecule has 1 aliphatic carbocycles. The fourth-order valence-electron chi connectivity index (χ4n) is 2.01. The summed E-state index contributed by atoms with van der Waals surface area (Å²) in [4.78, 5) is 19.6. The van der Waals surface area contributed by atoms with Crippen molar-refractivity contribution in [3.8, 4) is 0 Å². The molecule has 4 nitrogen and oxygen atoms in total. The van der Waals surface area contributed by atoms with E-state index in [2.05, 4.69) is 22.2 Å². The SMILES string of the molecule is CCCC1(CNC(=O)c2cnc(Cl)cn2)CC1. The molecular formula is C12H16ClN3O. The van der Waals surface area contributed by atoms with Crippen LogP contribution in [0, 0.1) is 5.41 Å². The molecule has 92 valence electrons. The van der Waals surface area contributed by atoms with Crippen LogP contribution in [0.15, 0.2) is 12.4 Å². The monoisotopic (exact) mass is 253 g/mol. The Bertz CT molecular complexity index is 401. The molecule has 1 amide bonds. The summed E-state index contributed by atoms with van der Waals surface area (Å²) in [6.45, 7) is 2.91. The van der Waals surface area contributed by atoms with Gasteiger partial charge in [-0.3, -0.25) is 4.79 Å². The molecule has 0 aromatic carbocycles. The predicted molar refractivity (Wildman–Crippen MR) is 66.0 cm³/mol. The van der Waals surface area contributed by atoms with Gasteiger partial charge in [-0.2, -0.15) is 0 Å². The lowest BCUT2D eigenvalue weighted by Crippen LogP contribution is -2.30. The second kappa shape index (κ2) is 5.00. The lowest BCUT2D eigenvalue weighted by Gasteiger charge is -2.14. The van der Waals surface area contributed by atoms with Gasteiger partial charge in [0.15, 0.2) is 0 Å². The summed E-state index contributed by atoms with van der Waals surface area (Å²) >= 11 is 5.61. The molecule has 1 saturated carbocycles. The normalized spacial score (nSPS) is 16.6. The molecule has 0 unspecified atom stereocenters. The van der Waals surface area contributed by atoms with E-state index in [1.165, 1.54) is 31.7 Å². The highest BCUT2D eigenvalue weighted by molar-refractivity contribution is 6.29. The zero-order valence-electron chi connectivity index (χ0n) is 9.87. The van der Waals surface area contributed by atoms with Gasteiger partial charge in [0, 0.05) is 6.54 Å². The predicted octanol–water partition coefficient (Wildman–Crippen LogP) is 2.44. The van der Waals surface area contributed by atoms with E-state index >= 15 is 0 Å². The second-order valence-electron chi connectivity index (χ2n) is 4.66. The van der Waals surface area contributed by atoms with E-state index in [-0.39, 0.29) is 5.91 Å². The van der Waals surface area contributed by atoms with Crippen molar-refractivity contribution in [3.63, 3.8) is 0 Å². The van der Waals surface area contributed by atoms with Crippen LogP contribution >= 0.6 is 11.6 Å². The molecule has 0 bridgehead atoms. The number of nitrogens with zero attached hydrogens (tertiary/aromatic N) is 2. The van der Waals surface area contributed by atoms with Crippen LogP contribution in [0.3, 0.4) is 0 Å². The quantitative estimate of drug-likeness (QED) is 0.877. The van der Waals surface area contributed by atoms with Crippen LogP contribution in [0.5, 0.6) is 0 Å². The van der Waals surface area contributed by atoms with Crippen LogP contribution in [0.4, 0.5) is 0 Å². The van der Waals surface area contributed by atoms with Gasteiger partial charge in [0.2, 0.25) is 0 Å². The molecule has 1 aliphatic rings. The zero-order chi connectivity index (χ0) is 12.3. The van der Waals surface area contributed by atoms with Gasteiger partial charge in [0.05, 0.1) is 12.4 Å². The standard InChI is InChI=1S/C12H16ClN3O/c1-2-3-12(4-5-12)8-16-11(17)9-6-15-10(13)7-14-9/h6-7H,2-5,8H2,1H3,(H,16,17). The first-order valence-electron chi connectivity index (χ1n) is 5.91. The van der Waals surface area contributed by atoms with E-state index in [1.807, 2.05) is 0 Å². The molecule has 2 rings (SSSR count). The number of halogens is 1. The van der Waals surface area contributed by atoms with Gasteiger partial charge in [-0.1, -0.05) is 24.9 Å². The van der Waals surface area contributed by atoms with Crippen molar-refractivity contribution < 1.29 is 4.79 Å². The molecule has 0 spiro atoms. The fraction of sp³-hybridized carbons (Fsp3) is 0.583. The maximum Gasteiger partial charge on any atom is 0.271 e. The Hall–Kier alpha value is -1.16. The third-order valence-corrected chi connectivity index (χ3v) is 3.41. The molecule has 1 aromatic rings. The van der Waals surface area contributed by atoms with Crippen molar-refractivity contribution in [3.05, 3.63) is 23.2 Å². The summed E-state index contributed by atoms with van der Waals surface area (Å²) < 4.78 is 0. The van der Waals surface area contributed by atoms with Crippen molar-refractivity contribution in [1.82, 2.24) is 15.3 Å². The first kappa shape index (κ1) is 12.3. The van der Waals surface area contributed by atoms with E-state index in [4.69, 9.17) is 11.6 Å². The molecular weight excluding hydrogens is 238 g/mol. The summed E-state index contributed by atoms with van der Waals surface area (Å²) in [5.41, 5.74) is 0.672. The smallest absolute Gasteiger partial charge is 0.271 e. The number of rotatable bonds is 5. The Labute approximate surface area is 106 Å². The van der Waals surface area contributed by atoms with Crippen molar-refractivity contribution in [2.75, 3.05) is 6.54 Å². The van der Waals surface area contributed by atoms with Crippen LogP contribution in [-0.2, 0) is 0 Å². The molecule has 0 atom stereocenters. The maximum atomic E-state index is 11.8. The highest BCUT2D eigenvalue weighted by atomic mass is 35.5. The van der Waals surface area contributed by atoms with Crippen molar-refractivity contribution >= 4 is 17.5 Å². The first-order valence-corrected chi connectivity index (χ1v) is 6.29. The van der Waals surface area contributed by atoms with E-state index in [9.17, 15) is 4.79 Å². The van der Waals surface area contributed by atoms with Gasteiger partial charge >= 0.3 is 0 Å². The van der Waals surface area contributed by atoms with Crippen LogP contribution in [-0.4, -0.2) is 22.4 Å². The number of nitrogens with one attached hydrogen (secondary N) is 1. The average molecular weight is 254 g/mol. The number of aromatic nitrogens is 2.